The van der Waals surface area contributed by atoms with E-state index in [1.54, 1.807) is 37.4 Å². The van der Waals surface area contributed by atoms with Crippen LogP contribution in [0.15, 0.2) is 152 Å². The summed E-state index contributed by atoms with van der Waals surface area (Å²) in [5, 5.41) is 15.5. The summed E-state index contributed by atoms with van der Waals surface area (Å²) in [5.41, 5.74) is 7.42. The van der Waals surface area contributed by atoms with E-state index in [1.807, 2.05) is 232 Å². The number of hydrogen-bond acceptors (Lipinski definition) is 16. The molecule has 0 unspecified atom stereocenters. The minimum Gasteiger partial charge on any atom is -0.545 e. The number of carboxylic acid groups (broad SMARTS) is 1. The zero-order valence-corrected chi connectivity index (χ0v) is 53.9. The van der Waals surface area contributed by atoms with Gasteiger partial charge in [0.2, 0.25) is 11.8 Å². The molecule has 0 aliphatic rings. The second kappa shape index (κ2) is 56.7. The van der Waals surface area contributed by atoms with Crippen LogP contribution in [0.1, 0.15) is 151 Å². The molecule has 0 radical (unpaired) electrons. The molecule has 0 spiro atoms. The zero-order chi connectivity index (χ0) is 65.2. The van der Waals surface area contributed by atoms with Crippen molar-refractivity contribution >= 4 is 83.4 Å². The first-order chi connectivity index (χ1) is 41.4. The van der Waals surface area contributed by atoms with Gasteiger partial charge >= 0.3 is 0 Å². The molecule has 0 aliphatic carbocycles. The maximum atomic E-state index is 11.4. The van der Waals surface area contributed by atoms with Gasteiger partial charge in [-0.1, -0.05) is 205 Å². The van der Waals surface area contributed by atoms with Crippen molar-refractivity contribution in [2.24, 2.45) is 0 Å². The van der Waals surface area contributed by atoms with E-state index in [1.165, 1.54) is 29.4 Å². The Balaban J connectivity index is -0.000000453. The molecule has 3 aromatic heterocycles. The van der Waals surface area contributed by atoms with E-state index < -0.39 is 5.97 Å². The fourth-order valence-corrected chi connectivity index (χ4v) is 7.01. The highest BCUT2D eigenvalue weighted by Gasteiger charge is 2.11. The summed E-state index contributed by atoms with van der Waals surface area (Å²) in [6, 6.07) is 40.0. The molecule has 0 bridgehead atoms. The predicted molar refractivity (Wildman–Crippen MR) is 347 cm³/mol. The lowest BCUT2D eigenvalue weighted by Crippen LogP contribution is -2.23. The van der Waals surface area contributed by atoms with E-state index in [0.717, 1.165) is 66.5 Å². The number of aromatic nitrogens is 3. The summed E-state index contributed by atoms with van der Waals surface area (Å²) in [4.78, 5) is 73.2. The third-order valence-electron chi connectivity index (χ3n) is 9.66. The second-order valence-corrected chi connectivity index (χ2v) is 16.0. The molecule has 3 heterocycles. The smallest absolute Gasteiger partial charge is 0.299 e. The highest BCUT2D eigenvalue weighted by molar-refractivity contribution is 7.13. The van der Waals surface area contributed by atoms with E-state index in [2.05, 4.69) is 45.6 Å². The maximum Gasteiger partial charge on any atom is 0.299 e. The van der Waals surface area contributed by atoms with Crippen LogP contribution in [-0.4, -0.2) is 53.3 Å². The summed E-state index contributed by atoms with van der Waals surface area (Å²) >= 11 is 1.46. The molecule has 0 atom stereocenters. The Labute approximate surface area is 509 Å². The molecule has 460 valence electrons. The van der Waals surface area contributed by atoms with Crippen LogP contribution in [0.2, 0.25) is 0 Å². The third-order valence-corrected chi connectivity index (χ3v) is 10.5. The number of thiophene rings is 1. The number of nitrogens with zero attached hydrogens (tertiary/aromatic N) is 3. The normalized spacial score (nSPS) is 8.92. The monoisotopic (exact) mass is 1180 g/mol. The number of benzene rings is 5. The number of allylic oxidation sites excluding steroid dienone is 1. The van der Waals surface area contributed by atoms with Crippen LogP contribution in [0.4, 0.5) is 0 Å². The summed E-state index contributed by atoms with van der Waals surface area (Å²) in [7, 11) is 0. The van der Waals surface area contributed by atoms with Gasteiger partial charge in [0, 0.05) is 28.4 Å². The van der Waals surface area contributed by atoms with Crippen LogP contribution in [-0.2, 0) is 46.5 Å². The number of ether oxygens (including phenoxy) is 5. The highest BCUT2D eigenvalue weighted by Crippen LogP contribution is 2.32. The first-order valence-corrected chi connectivity index (χ1v) is 29.1. The molecule has 0 saturated heterocycles. The van der Waals surface area contributed by atoms with E-state index in [4.69, 9.17) is 0 Å². The standard InChI is InChI=1S/C16H12O2.C12H12O2.C10H12O2.C7H7NO2.C6H6N2O2.C6H6O2S.6C2H6/c1-10-11-6-2-4-8-13(11)15(16(17)18)14-9-5-3-7-12(10)14;1-2-3-11-4-6-12(7-5-11)8-9-14-10-13;1-2-9-3-5-10(6-4-9)7-12-8-11;1-6-3-2-4-7(8-6)10-5-9;1-5-2-7-3-6(8-5)10-4-9;1-5-2-3-6(9-5)8-4-7;6*1-2/h2-9H,1H3,(H,17,18);2-10H,1H3;3-6,8H,2,7H2,1H3;2-5H,1H3;2-4H,1H3;2-4H,1H3;6*1-2H3/p-1/b;3-2+,9-8+;;;;;;;;;;. The Morgan fingerprint density at radius 3 is 1.41 bits per heavy atom. The number of hydrogen-bond donors (Lipinski definition) is 0. The Bertz CT molecular complexity index is 2940. The maximum absolute atomic E-state index is 11.4. The van der Waals surface area contributed by atoms with Crippen molar-refractivity contribution in [2.75, 3.05) is 0 Å². The van der Waals surface area contributed by atoms with Crippen molar-refractivity contribution in [1.82, 2.24) is 15.0 Å². The van der Waals surface area contributed by atoms with E-state index in [9.17, 15) is 33.9 Å². The van der Waals surface area contributed by atoms with Crippen molar-refractivity contribution in [3.8, 4) is 16.8 Å². The largest absolute Gasteiger partial charge is 0.545 e. The Morgan fingerprint density at radius 2 is 0.988 bits per heavy atom. The third kappa shape index (κ3) is 36.1. The van der Waals surface area contributed by atoms with Crippen LogP contribution < -0.4 is 19.3 Å². The van der Waals surface area contributed by atoms with Gasteiger partial charge in [-0.2, -0.15) is 0 Å². The summed E-state index contributed by atoms with van der Waals surface area (Å²) < 4.78 is 22.5. The van der Waals surface area contributed by atoms with Crippen molar-refractivity contribution in [3.63, 3.8) is 0 Å². The quantitative estimate of drug-likeness (QED) is 0.0531. The number of carboxylic acids is 1. The number of aryl methyl sites for hydroxylation is 5. The molecule has 85 heavy (non-hydrogen) atoms. The summed E-state index contributed by atoms with van der Waals surface area (Å²) in [5.74, 6) is -0.549. The summed E-state index contributed by atoms with van der Waals surface area (Å²) in [6.45, 7) is 38.0. The number of rotatable bonds is 15. The Morgan fingerprint density at radius 1 is 0.506 bits per heavy atom. The van der Waals surface area contributed by atoms with Gasteiger partial charge in [-0.25, -0.2) is 9.97 Å². The Hall–Kier alpha value is -9.15. The molecular weight excluding hydrogens is 1090 g/mol. The van der Waals surface area contributed by atoms with Crippen molar-refractivity contribution < 1.29 is 57.6 Å². The first-order valence-electron chi connectivity index (χ1n) is 28.2. The van der Waals surface area contributed by atoms with Gasteiger partial charge in [-0.3, -0.25) is 29.0 Å². The summed E-state index contributed by atoms with van der Waals surface area (Å²) in [6.07, 6.45) is 11.1. The average molecular weight is 1190 g/mol. The highest BCUT2D eigenvalue weighted by atomic mass is 32.1. The van der Waals surface area contributed by atoms with Crippen LogP contribution in [0, 0.1) is 27.7 Å². The molecule has 15 nitrogen and oxygen atoms in total. The van der Waals surface area contributed by atoms with Gasteiger partial charge < -0.3 is 33.6 Å². The lowest BCUT2D eigenvalue weighted by molar-refractivity contribution is -0.254. The molecule has 8 rings (SSSR count). The zero-order valence-electron chi connectivity index (χ0n) is 53.0. The molecule has 0 amide bonds. The fraction of sp³-hybridized carbons (Fsp3) is 0.290. The van der Waals surface area contributed by atoms with Gasteiger partial charge in [0.1, 0.15) is 6.61 Å². The number of carbonyl (C=O) groups is 6. The lowest BCUT2D eigenvalue weighted by Gasteiger charge is -2.15. The van der Waals surface area contributed by atoms with Crippen LogP contribution in [0.25, 0.3) is 33.7 Å². The second-order valence-electron chi connectivity index (χ2n) is 14.8. The number of aromatic carboxylic acids is 1. The average Bonchev–Trinajstić information content (AvgIpc) is 2.21. The Kier molecular flexibility index (Phi) is 54.9. The van der Waals surface area contributed by atoms with Crippen LogP contribution >= 0.6 is 11.3 Å². The molecule has 0 aliphatic heterocycles. The van der Waals surface area contributed by atoms with Gasteiger partial charge in [-0.05, 0) is 115 Å². The molecule has 0 saturated carbocycles. The fourth-order valence-electron chi connectivity index (χ4n) is 6.33. The number of pyridine rings is 1. The minimum absolute atomic E-state index is 0.231. The van der Waals surface area contributed by atoms with Crippen LogP contribution in [0.5, 0.6) is 16.8 Å². The van der Waals surface area contributed by atoms with Gasteiger partial charge in [0.05, 0.1) is 24.1 Å². The SMILES string of the molecule is C/C=C/c1ccc(/C=C/OC=O)cc1.CC.CC.CC.CC.CC.CC.CCc1ccc(COC=O)cc1.Cc1c2ccccc2c(C(=O)[O-])c2ccccc12.Cc1ccc(OC=O)s1.Cc1cccc(OC=O)n1.Cc1cncc(OC=O)n1. The number of fused-ring (bicyclic) bond motifs is 2. The van der Waals surface area contributed by atoms with Crippen molar-refractivity contribution in [2.45, 2.75) is 138 Å². The molecule has 16 heteroatoms. The molecular formula is C69H90N3O12S-. The molecule has 8 aromatic rings. The van der Waals surface area contributed by atoms with Crippen molar-refractivity contribution in [3.05, 3.63) is 202 Å². The number of carbonyl (C=O) groups excluding carboxylic acids is 6. The lowest BCUT2D eigenvalue weighted by atomic mass is 9.92. The molecule has 0 N–H and O–H groups in total. The topological polar surface area (TPSA) is 210 Å². The van der Waals surface area contributed by atoms with Gasteiger partial charge in [0.25, 0.3) is 32.4 Å². The van der Waals surface area contributed by atoms with E-state index >= 15 is 0 Å². The van der Waals surface area contributed by atoms with E-state index in [0.29, 0.717) is 49.9 Å². The van der Waals surface area contributed by atoms with Gasteiger partial charge in [-0.15, -0.1) is 11.3 Å². The molecule has 0 fully saturated rings. The van der Waals surface area contributed by atoms with Gasteiger partial charge in [0.15, 0.2) is 5.06 Å². The first kappa shape index (κ1) is 82.3. The molecule has 5 aromatic carbocycles. The van der Waals surface area contributed by atoms with Crippen LogP contribution in [0.3, 0.4) is 0 Å². The van der Waals surface area contributed by atoms with E-state index in [-0.39, 0.29) is 11.4 Å². The predicted octanol–water partition coefficient (Wildman–Crippen LogP) is 16.4. The minimum atomic E-state index is -1.12. The van der Waals surface area contributed by atoms with Crippen molar-refractivity contribution in [1.29, 1.82) is 0 Å².